The summed E-state index contributed by atoms with van der Waals surface area (Å²) in [5.74, 6) is -0.382. The van der Waals surface area contributed by atoms with Crippen LogP contribution >= 0.6 is 7.75 Å². The summed E-state index contributed by atoms with van der Waals surface area (Å²) in [6.07, 6.45) is 7.15. The van der Waals surface area contributed by atoms with Gasteiger partial charge in [0.2, 0.25) is 5.91 Å². The van der Waals surface area contributed by atoms with Crippen LogP contribution in [0.25, 0.3) is 0 Å². The molecule has 1 atom stereocenters. The fraction of sp³-hybridized carbons (Fsp3) is 0.611. The molecule has 0 aromatic heterocycles. The molecule has 0 aliphatic carbocycles. The summed E-state index contributed by atoms with van der Waals surface area (Å²) < 4.78 is 18.1. The van der Waals surface area contributed by atoms with E-state index in [-0.39, 0.29) is 18.9 Å². The summed E-state index contributed by atoms with van der Waals surface area (Å²) in [7, 11) is -2.71. The average molecular weight is 355 g/mol. The van der Waals surface area contributed by atoms with Crippen LogP contribution in [-0.4, -0.2) is 29.1 Å². The monoisotopic (exact) mass is 355 g/mol. The highest BCUT2D eigenvalue weighted by Gasteiger charge is 2.30. The van der Waals surface area contributed by atoms with Crippen molar-refractivity contribution in [1.82, 2.24) is 4.67 Å². The normalized spacial score (nSPS) is 13.5. The standard InChI is InChI=1S/C18H30NO4P/c1-3-4-5-6-7-11-16-23-24(21,22)19(2)18(20)15-14-17-12-9-8-10-13-17/h8-10,12-13H,3-7,11,14-16H2,1-2H3,(H,21,22). The van der Waals surface area contributed by atoms with Crippen LogP contribution < -0.4 is 0 Å². The van der Waals surface area contributed by atoms with Crippen molar-refractivity contribution in [3.63, 3.8) is 0 Å². The SMILES string of the molecule is CCCCCCCCOP(=O)(O)N(C)C(=O)CCc1ccccc1. The lowest BCUT2D eigenvalue weighted by molar-refractivity contribution is -0.126. The molecular formula is C18H30NO4P. The highest BCUT2D eigenvalue weighted by molar-refractivity contribution is 7.51. The van der Waals surface area contributed by atoms with Gasteiger partial charge in [-0.3, -0.25) is 14.0 Å². The summed E-state index contributed by atoms with van der Waals surface area (Å²) in [4.78, 5) is 22.0. The van der Waals surface area contributed by atoms with E-state index >= 15 is 0 Å². The maximum atomic E-state index is 12.1. The first kappa shape index (κ1) is 20.9. The topological polar surface area (TPSA) is 66.8 Å². The zero-order valence-corrected chi connectivity index (χ0v) is 15.7. The number of amides is 1. The van der Waals surface area contributed by atoms with Gasteiger partial charge in [-0.15, -0.1) is 0 Å². The largest absolute Gasteiger partial charge is 0.434 e. The molecule has 0 saturated heterocycles. The van der Waals surface area contributed by atoms with E-state index in [1.807, 2.05) is 30.3 Å². The van der Waals surface area contributed by atoms with Crippen molar-refractivity contribution in [2.45, 2.75) is 58.3 Å². The van der Waals surface area contributed by atoms with Gasteiger partial charge in [0.15, 0.2) is 0 Å². The Hall–Kier alpha value is -1.16. The molecule has 1 aromatic rings. The van der Waals surface area contributed by atoms with Gasteiger partial charge in [-0.25, -0.2) is 4.57 Å². The van der Waals surface area contributed by atoms with Crippen molar-refractivity contribution < 1.29 is 18.8 Å². The number of unbranched alkanes of at least 4 members (excludes halogenated alkanes) is 5. The van der Waals surface area contributed by atoms with Gasteiger partial charge in [0.05, 0.1) is 6.61 Å². The predicted molar refractivity (Wildman–Crippen MR) is 96.7 cm³/mol. The lowest BCUT2D eigenvalue weighted by atomic mass is 10.1. The van der Waals surface area contributed by atoms with Gasteiger partial charge in [-0.05, 0) is 18.4 Å². The average Bonchev–Trinajstić information content (AvgIpc) is 2.59. The summed E-state index contributed by atoms with van der Waals surface area (Å²) in [5, 5.41) is 0. The van der Waals surface area contributed by atoms with Crippen LogP contribution in [-0.2, 0) is 20.3 Å². The second-order valence-corrected chi connectivity index (χ2v) is 7.83. The van der Waals surface area contributed by atoms with Gasteiger partial charge < -0.3 is 4.89 Å². The van der Waals surface area contributed by atoms with Gasteiger partial charge >= 0.3 is 7.75 Å². The molecule has 24 heavy (non-hydrogen) atoms. The van der Waals surface area contributed by atoms with Crippen LogP contribution in [0, 0.1) is 0 Å². The first-order valence-electron chi connectivity index (χ1n) is 8.75. The van der Waals surface area contributed by atoms with E-state index < -0.39 is 7.75 Å². The van der Waals surface area contributed by atoms with Crippen LogP contribution in [0.15, 0.2) is 30.3 Å². The number of carbonyl (C=O) groups is 1. The minimum atomic E-state index is -4.04. The van der Waals surface area contributed by atoms with Gasteiger partial charge in [0.1, 0.15) is 0 Å². The molecule has 1 amide bonds. The summed E-state index contributed by atoms with van der Waals surface area (Å²) in [5.41, 5.74) is 1.03. The van der Waals surface area contributed by atoms with Gasteiger partial charge in [0.25, 0.3) is 0 Å². The maximum absolute atomic E-state index is 12.1. The van der Waals surface area contributed by atoms with E-state index in [9.17, 15) is 14.3 Å². The predicted octanol–water partition coefficient (Wildman–Crippen LogP) is 4.56. The van der Waals surface area contributed by atoms with Crippen LogP contribution in [0.2, 0.25) is 0 Å². The maximum Gasteiger partial charge on any atom is 0.434 e. The number of aryl methyl sites for hydroxylation is 1. The van der Waals surface area contributed by atoms with Crippen molar-refractivity contribution in [2.75, 3.05) is 13.7 Å². The molecule has 0 saturated carbocycles. The molecule has 1 aromatic carbocycles. The van der Waals surface area contributed by atoms with Crippen LogP contribution in [0.3, 0.4) is 0 Å². The van der Waals surface area contributed by atoms with Crippen LogP contribution in [0.1, 0.15) is 57.4 Å². The quantitative estimate of drug-likeness (QED) is 0.441. The minimum absolute atomic E-state index is 0.186. The Labute approximate surface area is 145 Å². The molecule has 5 nitrogen and oxygen atoms in total. The first-order chi connectivity index (χ1) is 11.5. The molecule has 6 heteroatoms. The van der Waals surface area contributed by atoms with Crippen LogP contribution in [0.4, 0.5) is 0 Å². The molecule has 136 valence electrons. The van der Waals surface area contributed by atoms with Gasteiger partial charge in [0, 0.05) is 13.5 Å². The van der Waals surface area contributed by atoms with Crippen molar-refractivity contribution in [2.24, 2.45) is 0 Å². The third kappa shape index (κ3) is 8.09. The summed E-state index contributed by atoms with van der Waals surface area (Å²) >= 11 is 0. The number of hydrogen-bond acceptors (Lipinski definition) is 3. The van der Waals surface area contributed by atoms with Crippen molar-refractivity contribution >= 4 is 13.7 Å². The van der Waals surface area contributed by atoms with Crippen LogP contribution in [0.5, 0.6) is 0 Å². The lowest BCUT2D eigenvalue weighted by Crippen LogP contribution is -2.25. The molecule has 0 bridgehead atoms. The Morgan fingerprint density at radius 3 is 2.42 bits per heavy atom. The minimum Gasteiger partial charge on any atom is -0.308 e. The molecule has 1 rings (SSSR count). The second kappa shape index (κ2) is 11.4. The van der Waals surface area contributed by atoms with Crippen molar-refractivity contribution in [3.8, 4) is 0 Å². The van der Waals surface area contributed by atoms with E-state index in [1.165, 1.54) is 26.3 Å². The first-order valence-corrected chi connectivity index (χ1v) is 10.3. The molecule has 0 radical (unpaired) electrons. The van der Waals surface area contributed by atoms with Crippen molar-refractivity contribution in [3.05, 3.63) is 35.9 Å². The third-order valence-corrected chi connectivity index (χ3v) is 5.47. The fourth-order valence-electron chi connectivity index (χ4n) is 2.35. The van der Waals surface area contributed by atoms with E-state index in [0.29, 0.717) is 6.42 Å². The van der Waals surface area contributed by atoms with E-state index in [2.05, 4.69) is 6.92 Å². The molecular weight excluding hydrogens is 325 g/mol. The molecule has 0 aliphatic rings. The zero-order chi connectivity index (χ0) is 17.8. The third-order valence-electron chi connectivity index (χ3n) is 3.97. The number of hydrogen-bond donors (Lipinski definition) is 1. The van der Waals surface area contributed by atoms with E-state index in [0.717, 1.165) is 29.5 Å². The number of rotatable bonds is 12. The highest BCUT2D eigenvalue weighted by atomic mass is 31.2. The van der Waals surface area contributed by atoms with Gasteiger partial charge in [-0.2, -0.15) is 0 Å². The molecule has 0 heterocycles. The van der Waals surface area contributed by atoms with Gasteiger partial charge in [-0.1, -0.05) is 69.4 Å². The van der Waals surface area contributed by atoms with Crippen molar-refractivity contribution in [1.29, 1.82) is 0 Å². The Morgan fingerprint density at radius 1 is 1.12 bits per heavy atom. The Kier molecular flexibility index (Phi) is 9.92. The highest BCUT2D eigenvalue weighted by Crippen LogP contribution is 2.45. The number of benzene rings is 1. The summed E-state index contributed by atoms with van der Waals surface area (Å²) in [6, 6.07) is 9.59. The molecule has 0 fully saturated rings. The number of carbonyl (C=O) groups excluding carboxylic acids is 1. The molecule has 0 spiro atoms. The lowest BCUT2D eigenvalue weighted by Gasteiger charge is -2.22. The van der Waals surface area contributed by atoms with E-state index in [4.69, 9.17) is 4.52 Å². The molecule has 1 N–H and O–H groups in total. The Balaban J connectivity index is 2.28. The summed E-state index contributed by atoms with van der Waals surface area (Å²) in [6.45, 7) is 2.37. The second-order valence-electron chi connectivity index (χ2n) is 5.99. The fourth-order valence-corrected chi connectivity index (χ4v) is 3.27. The molecule has 0 aliphatic heterocycles. The zero-order valence-electron chi connectivity index (χ0n) is 14.8. The molecule has 1 unspecified atom stereocenters. The smallest absolute Gasteiger partial charge is 0.308 e. The Morgan fingerprint density at radius 2 is 1.75 bits per heavy atom. The van der Waals surface area contributed by atoms with E-state index in [1.54, 1.807) is 0 Å². The Bertz CT molecular complexity index is 521. The number of nitrogens with zero attached hydrogens (tertiary/aromatic N) is 1.